The molecule has 3 fully saturated rings. The van der Waals surface area contributed by atoms with E-state index in [1.807, 2.05) is 6.92 Å². The van der Waals surface area contributed by atoms with E-state index in [1.165, 1.54) is 0 Å². The number of rotatable bonds is 4. The van der Waals surface area contributed by atoms with Crippen LogP contribution in [0.1, 0.15) is 32.6 Å². The smallest absolute Gasteiger partial charge is 0.327 e. The van der Waals surface area contributed by atoms with Crippen molar-refractivity contribution >= 4 is 23.8 Å². The zero-order chi connectivity index (χ0) is 15.0. The van der Waals surface area contributed by atoms with Crippen LogP contribution in [0.3, 0.4) is 0 Å². The number of carboxylic acid groups (broad SMARTS) is 1. The Morgan fingerprint density at radius 1 is 1.38 bits per heavy atom. The summed E-state index contributed by atoms with van der Waals surface area (Å²) in [5.74, 6) is 0.0341. The Labute approximate surface area is 128 Å². The third-order valence-electron chi connectivity index (χ3n) is 4.45. The average Bonchev–Trinajstić information content (AvgIpc) is 2.98. The molecule has 0 aromatic rings. The molecule has 2 N–H and O–H groups in total. The second-order valence-corrected chi connectivity index (χ2v) is 7.26. The summed E-state index contributed by atoms with van der Waals surface area (Å²) < 4.78 is 5.58. The number of ether oxygens (including phenoxy) is 1. The summed E-state index contributed by atoms with van der Waals surface area (Å²) in [6, 6.07) is -1.05. The lowest BCUT2D eigenvalue weighted by Gasteiger charge is -2.30. The van der Waals surface area contributed by atoms with E-state index in [-0.39, 0.29) is 23.6 Å². The number of aliphatic carboxylic acids is 1. The zero-order valence-corrected chi connectivity index (χ0v) is 13.0. The van der Waals surface area contributed by atoms with Crippen LogP contribution < -0.4 is 5.32 Å². The first-order chi connectivity index (χ1) is 10.1. The van der Waals surface area contributed by atoms with Gasteiger partial charge in [0.25, 0.3) is 0 Å². The Bertz CT molecular complexity index is 423. The number of amides is 2. The van der Waals surface area contributed by atoms with E-state index < -0.39 is 12.0 Å². The topological polar surface area (TPSA) is 78.9 Å². The molecule has 0 radical (unpaired) electrons. The molecule has 0 bridgehead atoms. The van der Waals surface area contributed by atoms with Gasteiger partial charge in [-0.3, -0.25) is 4.90 Å². The first kappa shape index (κ1) is 15.0. The van der Waals surface area contributed by atoms with Gasteiger partial charge in [-0.1, -0.05) is 0 Å². The molecule has 6 nitrogen and oxygen atoms in total. The minimum absolute atomic E-state index is 0.0165. The third-order valence-corrected chi connectivity index (χ3v) is 5.92. The molecule has 0 aromatic carbocycles. The van der Waals surface area contributed by atoms with Crippen molar-refractivity contribution in [1.82, 2.24) is 10.2 Å². The predicted octanol–water partition coefficient (Wildman–Crippen LogP) is 1.50. The van der Waals surface area contributed by atoms with Gasteiger partial charge in [0.1, 0.15) is 6.04 Å². The lowest BCUT2D eigenvalue weighted by molar-refractivity contribution is -0.141. The van der Waals surface area contributed by atoms with Gasteiger partial charge >= 0.3 is 12.0 Å². The molecular weight excluding hydrogens is 292 g/mol. The van der Waals surface area contributed by atoms with Crippen LogP contribution in [0.25, 0.3) is 0 Å². The number of carbonyl (C=O) groups excluding carboxylic acids is 1. The van der Waals surface area contributed by atoms with Gasteiger partial charge in [0.15, 0.2) is 0 Å². The van der Waals surface area contributed by atoms with E-state index in [9.17, 15) is 14.7 Å². The number of carboxylic acids is 1. The maximum absolute atomic E-state index is 12.6. The SMILES string of the molecule is CC(NC(=O)N1C(C(=O)O)CSC1C1CC1)C1CCCO1. The molecule has 4 atom stereocenters. The van der Waals surface area contributed by atoms with Crippen LogP contribution in [0.5, 0.6) is 0 Å². The van der Waals surface area contributed by atoms with Gasteiger partial charge in [0.2, 0.25) is 0 Å². The van der Waals surface area contributed by atoms with Crippen LogP contribution in [-0.2, 0) is 9.53 Å². The van der Waals surface area contributed by atoms with Gasteiger partial charge in [-0.15, -0.1) is 11.8 Å². The Hall–Kier alpha value is -0.950. The number of urea groups is 1. The van der Waals surface area contributed by atoms with Gasteiger partial charge in [0.05, 0.1) is 17.5 Å². The van der Waals surface area contributed by atoms with Gasteiger partial charge in [-0.25, -0.2) is 9.59 Å². The number of nitrogens with zero attached hydrogens (tertiary/aromatic N) is 1. The molecule has 21 heavy (non-hydrogen) atoms. The Kier molecular flexibility index (Phi) is 4.31. The minimum atomic E-state index is -0.912. The number of thioether (sulfide) groups is 1. The molecule has 118 valence electrons. The van der Waals surface area contributed by atoms with Gasteiger partial charge in [0, 0.05) is 12.4 Å². The molecule has 2 saturated heterocycles. The van der Waals surface area contributed by atoms with Crippen molar-refractivity contribution < 1.29 is 19.4 Å². The van der Waals surface area contributed by atoms with Crippen molar-refractivity contribution in [3.05, 3.63) is 0 Å². The predicted molar refractivity (Wildman–Crippen MR) is 79.2 cm³/mol. The molecule has 7 heteroatoms. The van der Waals surface area contributed by atoms with Crippen molar-refractivity contribution in [2.45, 2.75) is 56.2 Å². The van der Waals surface area contributed by atoms with E-state index >= 15 is 0 Å². The van der Waals surface area contributed by atoms with Crippen molar-refractivity contribution in [2.75, 3.05) is 12.4 Å². The van der Waals surface area contributed by atoms with E-state index in [1.54, 1.807) is 16.7 Å². The monoisotopic (exact) mass is 314 g/mol. The lowest BCUT2D eigenvalue weighted by atomic mass is 10.1. The van der Waals surface area contributed by atoms with Gasteiger partial charge in [-0.05, 0) is 38.5 Å². The molecule has 2 amide bonds. The highest BCUT2D eigenvalue weighted by atomic mass is 32.2. The van der Waals surface area contributed by atoms with E-state index in [0.29, 0.717) is 11.7 Å². The summed E-state index contributed by atoms with van der Waals surface area (Å²) in [5, 5.41) is 12.3. The van der Waals surface area contributed by atoms with Gasteiger partial charge < -0.3 is 15.2 Å². The fourth-order valence-electron chi connectivity index (χ4n) is 3.08. The Morgan fingerprint density at radius 2 is 2.14 bits per heavy atom. The van der Waals surface area contributed by atoms with Crippen LogP contribution in [-0.4, -0.2) is 57.9 Å². The molecular formula is C14H22N2O4S. The number of nitrogens with one attached hydrogen (secondary N) is 1. The molecule has 2 aliphatic heterocycles. The van der Waals surface area contributed by atoms with Crippen molar-refractivity contribution in [2.24, 2.45) is 5.92 Å². The summed E-state index contributed by atoms with van der Waals surface area (Å²) >= 11 is 1.60. The molecule has 0 spiro atoms. The summed E-state index contributed by atoms with van der Waals surface area (Å²) in [7, 11) is 0. The lowest BCUT2D eigenvalue weighted by Crippen LogP contribution is -2.54. The summed E-state index contributed by atoms with van der Waals surface area (Å²) in [5.41, 5.74) is 0. The van der Waals surface area contributed by atoms with Crippen LogP contribution in [0.2, 0.25) is 0 Å². The second-order valence-electron chi connectivity index (χ2n) is 6.11. The van der Waals surface area contributed by atoms with Crippen LogP contribution in [0, 0.1) is 5.92 Å². The third kappa shape index (κ3) is 3.13. The molecule has 3 rings (SSSR count). The molecule has 3 aliphatic rings. The zero-order valence-electron chi connectivity index (χ0n) is 12.2. The summed E-state index contributed by atoms with van der Waals surface area (Å²) in [6.45, 7) is 2.67. The molecule has 1 saturated carbocycles. The van der Waals surface area contributed by atoms with Crippen molar-refractivity contribution in [1.29, 1.82) is 0 Å². The van der Waals surface area contributed by atoms with E-state index in [2.05, 4.69) is 5.32 Å². The van der Waals surface area contributed by atoms with E-state index in [0.717, 1.165) is 32.3 Å². The highest BCUT2D eigenvalue weighted by molar-refractivity contribution is 8.00. The Morgan fingerprint density at radius 3 is 2.71 bits per heavy atom. The second kappa shape index (κ2) is 6.04. The minimum Gasteiger partial charge on any atom is -0.480 e. The number of hydrogen-bond donors (Lipinski definition) is 2. The van der Waals surface area contributed by atoms with Crippen molar-refractivity contribution in [3.63, 3.8) is 0 Å². The first-order valence-corrected chi connectivity index (χ1v) is 8.67. The number of hydrogen-bond acceptors (Lipinski definition) is 4. The van der Waals surface area contributed by atoms with Gasteiger partial charge in [-0.2, -0.15) is 0 Å². The summed E-state index contributed by atoms with van der Waals surface area (Å²) in [4.78, 5) is 25.5. The maximum Gasteiger partial charge on any atom is 0.327 e. The molecule has 4 unspecified atom stereocenters. The fourth-order valence-corrected chi connectivity index (χ4v) is 4.71. The van der Waals surface area contributed by atoms with E-state index in [4.69, 9.17) is 4.74 Å². The fraction of sp³-hybridized carbons (Fsp3) is 0.857. The standard InChI is InChI=1S/C14H22N2O4S/c1-8(11-3-2-6-20-11)15-14(19)16-10(13(17)18)7-21-12(16)9-4-5-9/h8-12H,2-7H2,1H3,(H,15,19)(H,17,18). The average molecular weight is 314 g/mol. The van der Waals surface area contributed by atoms with Crippen LogP contribution in [0.4, 0.5) is 4.79 Å². The molecule has 1 aliphatic carbocycles. The van der Waals surface area contributed by atoms with Crippen LogP contribution >= 0.6 is 11.8 Å². The Balaban J connectivity index is 1.65. The first-order valence-electron chi connectivity index (χ1n) is 7.62. The highest BCUT2D eigenvalue weighted by Crippen LogP contribution is 2.45. The summed E-state index contributed by atoms with van der Waals surface area (Å²) in [6.07, 6.45) is 4.20. The maximum atomic E-state index is 12.6. The molecule has 0 aromatic heterocycles. The number of carbonyl (C=O) groups is 2. The highest BCUT2D eigenvalue weighted by Gasteiger charge is 2.48. The quantitative estimate of drug-likeness (QED) is 0.822. The van der Waals surface area contributed by atoms with Crippen LogP contribution in [0.15, 0.2) is 0 Å². The normalized spacial score (nSPS) is 34.0. The molecule has 2 heterocycles. The van der Waals surface area contributed by atoms with Crippen molar-refractivity contribution in [3.8, 4) is 0 Å². The largest absolute Gasteiger partial charge is 0.480 e.